The molecule has 1 saturated carbocycles. The number of aromatic hydroxyl groups is 1. The molecule has 0 radical (unpaired) electrons. The minimum atomic E-state index is -0.829. The van der Waals surface area contributed by atoms with E-state index in [1.165, 1.54) is 5.56 Å². The number of rotatable bonds is 3. The largest absolute Gasteiger partial charge is 0.504 e. The number of phenols is 1. The molecule has 0 aromatic heterocycles. The maximum Gasteiger partial charge on any atom is 0.166 e. The first-order chi connectivity index (χ1) is 12.0. The van der Waals surface area contributed by atoms with E-state index in [4.69, 9.17) is 4.74 Å². The second-order valence-electron chi connectivity index (χ2n) is 8.08. The Kier molecular flexibility index (Phi) is 3.03. The van der Waals surface area contributed by atoms with E-state index in [0.717, 1.165) is 56.3 Å². The van der Waals surface area contributed by atoms with E-state index < -0.39 is 11.0 Å². The predicted octanol–water partition coefficient (Wildman–Crippen LogP) is 2.68. The van der Waals surface area contributed by atoms with Crippen LogP contribution in [0.15, 0.2) is 36.9 Å². The lowest BCUT2D eigenvalue weighted by molar-refractivity contribution is -0.173. The zero-order valence-corrected chi connectivity index (χ0v) is 14.5. The van der Waals surface area contributed by atoms with Crippen LogP contribution < -0.4 is 4.74 Å². The Morgan fingerprint density at radius 2 is 2.20 bits per heavy atom. The number of benzene rings is 1. The van der Waals surface area contributed by atoms with Crippen molar-refractivity contribution in [3.63, 3.8) is 0 Å². The summed E-state index contributed by atoms with van der Waals surface area (Å²) in [5, 5.41) is 22.4. The lowest BCUT2D eigenvalue weighted by atomic mass is 9.48. The van der Waals surface area contributed by atoms with E-state index in [1.54, 1.807) is 6.07 Å². The molecule has 4 aliphatic rings. The van der Waals surface area contributed by atoms with Gasteiger partial charge in [-0.05, 0) is 55.9 Å². The SMILES string of the molecule is C=CCCN1CC[C@]23c4c5ccc(O)c4O[C@H]2C(=C)CC[C@@]3(O)[C@H]1C5. The molecule has 2 fully saturated rings. The fourth-order valence-corrected chi connectivity index (χ4v) is 6.07. The summed E-state index contributed by atoms with van der Waals surface area (Å²) < 4.78 is 6.26. The Balaban J connectivity index is 1.73. The second-order valence-corrected chi connectivity index (χ2v) is 8.08. The maximum absolute atomic E-state index is 12.0. The van der Waals surface area contributed by atoms with Gasteiger partial charge in [0.15, 0.2) is 11.5 Å². The van der Waals surface area contributed by atoms with Gasteiger partial charge in [-0.3, -0.25) is 4.90 Å². The van der Waals surface area contributed by atoms with Gasteiger partial charge in [0.1, 0.15) is 6.10 Å². The molecule has 132 valence electrons. The van der Waals surface area contributed by atoms with Crippen molar-refractivity contribution in [1.29, 1.82) is 0 Å². The number of hydrogen-bond acceptors (Lipinski definition) is 4. The minimum absolute atomic E-state index is 0.0865. The molecule has 4 nitrogen and oxygen atoms in total. The van der Waals surface area contributed by atoms with Gasteiger partial charge < -0.3 is 14.9 Å². The number of likely N-dealkylation sites (tertiary alicyclic amines) is 1. The topological polar surface area (TPSA) is 52.9 Å². The third-order valence-electron chi connectivity index (χ3n) is 7.14. The van der Waals surface area contributed by atoms with Gasteiger partial charge in [0.05, 0.1) is 11.0 Å². The van der Waals surface area contributed by atoms with Gasteiger partial charge in [-0.2, -0.15) is 0 Å². The zero-order valence-electron chi connectivity index (χ0n) is 14.5. The van der Waals surface area contributed by atoms with Crippen LogP contribution in [0.2, 0.25) is 0 Å². The number of nitrogens with zero attached hydrogens (tertiary/aromatic N) is 1. The first kappa shape index (κ1) is 15.5. The highest BCUT2D eigenvalue weighted by atomic mass is 16.5. The molecule has 0 amide bonds. The van der Waals surface area contributed by atoms with Gasteiger partial charge in [-0.25, -0.2) is 0 Å². The van der Waals surface area contributed by atoms with Gasteiger partial charge in [0.2, 0.25) is 0 Å². The smallest absolute Gasteiger partial charge is 0.166 e. The van der Waals surface area contributed by atoms with Crippen molar-refractivity contribution in [3.8, 4) is 11.5 Å². The lowest BCUT2D eigenvalue weighted by Gasteiger charge is -2.63. The zero-order chi connectivity index (χ0) is 17.4. The van der Waals surface area contributed by atoms with Crippen molar-refractivity contribution in [1.82, 2.24) is 4.90 Å². The molecule has 2 N–H and O–H groups in total. The van der Waals surface area contributed by atoms with Crippen molar-refractivity contribution in [2.75, 3.05) is 13.1 Å². The Bertz CT molecular complexity index is 788. The fraction of sp³-hybridized carbons (Fsp3) is 0.524. The molecule has 1 spiro atoms. The molecule has 2 bridgehead atoms. The Hall–Kier alpha value is -1.78. The number of hydrogen-bond donors (Lipinski definition) is 2. The number of aliphatic hydroxyl groups is 1. The number of phenolic OH excluding ortho intramolecular Hbond substituents is 1. The summed E-state index contributed by atoms with van der Waals surface area (Å²) in [5.74, 6) is 0.771. The second kappa shape index (κ2) is 4.89. The van der Waals surface area contributed by atoms with Crippen LogP contribution in [0.5, 0.6) is 11.5 Å². The summed E-state index contributed by atoms with van der Waals surface area (Å²) in [6.45, 7) is 9.97. The minimum Gasteiger partial charge on any atom is -0.504 e. The summed E-state index contributed by atoms with van der Waals surface area (Å²) in [5.41, 5.74) is 2.03. The van der Waals surface area contributed by atoms with Gasteiger partial charge >= 0.3 is 0 Å². The molecule has 25 heavy (non-hydrogen) atoms. The van der Waals surface area contributed by atoms with Crippen LogP contribution in [0.25, 0.3) is 0 Å². The normalized spacial score (nSPS) is 38.2. The van der Waals surface area contributed by atoms with Crippen LogP contribution in [-0.2, 0) is 11.8 Å². The molecule has 1 aromatic rings. The standard InChI is InChI=1S/C21H25NO3/c1-3-4-10-22-11-9-20-17-14-5-6-15(23)18(17)25-19(20)13(2)7-8-21(20,24)16(22)12-14/h3,5-6,16,19,23-24H,1-2,4,7-12H2/t16-,19+,20+,21-/m1/s1. The molecular weight excluding hydrogens is 314 g/mol. The Morgan fingerprint density at radius 3 is 3.00 bits per heavy atom. The highest BCUT2D eigenvalue weighted by Crippen LogP contribution is 2.66. The van der Waals surface area contributed by atoms with Crippen LogP contribution in [-0.4, -0.2) is 45.9 Å². The van der Waals surface area contributed by atoms with Crippen molar-refractivity contribution in [2.45, 2.75) is 55.3 Å². The molecule has 0 unspecified atom stereocenters. The van der Waals surface area contributed by atoms with Crippen molar-refractivity contribution >= 4 is 0 Å². The van der Waals surface area contributed by atoms with E-state index in [1.807, 2.05) is 12.1 Å². The number of piperidine rings is 1. The molecule has 2 aliphatic carbocycles. The molecule has 4 atom stereocenters. The van der Waals surface area contributed by atoms with Crippen LogP contribution >= 0.6 is 0 Å². The van der Waals surface area contributed by atoms with E-state index in [2.05, 4.69) is 18.1 Å². The van der Waals surface area contributed by atoms with E-state index in [-0.39, 0.29) is 17.9 Å². The average molecular weight is 339 g/mol. The molecular formula is C21H25NO3. The number of ether oxygens (including phenoxy) is 1. The monoisotopic (exact) mass is 339 g/mol. The summed E-state index contributed by atoms with van der Waals surface area (Å²) in [4.78, 5) is 2.44. The van der Waals surface area contributed by atoms with Crippen LogP contribution in [0, 0.1) is 0 Å². The molecule has 2 aliphatic heterocycles. The quantitative estimate of drug-likeness (QED) is 0.832. The highest BCUT2D eigenvalue weighted by Gasteiger charge is 2.71. The molecule has 1 saturated heterocycles. The van der Waals surface area contributed by atoms with Crippen molar-refractivity contribution < 1.29 is 14.9 Å². The van der Waals surface area contributed by atoms with Gasteiger partial charge in [-0.1, -0.05) is 18.7 Å². The molecule has 4 heteroatoms. The summed E-state index contributed by atoms with van der Waals surface area (Å²) in [6.07, 6.45) is 5.79. The van der Waals surface area contributed by atoms with Gasteiger partial charge in [0.25, 0.3) is 0 Å². The lowest BCUT2D eigenvalue weighted by Crippen LogP contribution is -2.75. The summed E-state index contributed by atoms with van der Waals surface area (Å²) in [7, 11) is 0. The van der Waals surface area contributed by atoms with Crippen molar-refractivity contribution in [3.05, 3.63) is 48.1 Å². The average Bonchev–Trinajstić information content (AvgIpc) is 2.95. The van der Waals surface area contributed by atoms with Crippen LogP contribution in [0.1, 0.15) is 36.8 Å². The molecule has 5 rings (SSSR count). The third-order valence-corrected chi connectivity index (χ3v) is 7.14. The summed E-state index contributed by atoms with van der Waals surface area (Å²) in [6, 6.07) is 3.84. The van der Waals surface area contributed by atoms with Crippen LogP contribution in [0.4, 0.5) is 0 Å². The Labute approximate surface area is 148 Å². The van der Waals surface area contributed by atoms with Gasteiger partial charge in [-0.15, -0.1) is 6.58 Å². The Morgan fingerprint density at radius 1 is 1.36 bits per heavy atom. The fourth-order valence-electron chi connectivity index (χ4n) is 6.07. The van der Waals surface area contributed by atoms with E-state index in [0.29, 0.717) is 5.75 Å². The molecule has 1 aromatic carbocycles. The first-order valence-electron chi connectivity index (χ1n) is 9.30. The highest BCUT2D eigenvalue weighted by molar-refractivity contribution is 5.63. The molecule has 2 heterocycles. The van der Waals surface area contributed by atoms with Gasteiger partial charge in [0, 0.05) is 18.2 Å². The van der Waals surface area contributed by atoms with E-state index >= 15 is 0 Å². The van der Waals surface area contributed by atoms with Crippen LogP contribution in [0.3, 0.4) is 0 Å². The first-order valence-corrected chi connectivity index (χ1v) is 9.30. The maximum atomic E-state index is 12.0. The van der Waals surface area contributed by atoms with Crippen molar-refractivity contribution in [2.24, 2.45) is 0 Å². The predicted molar refractivity (Wildman–Crippen MR) is 96.0 cm³/mol. The summed E-state index contributed by atoms with van der Waals surface area (Å²) >= 11 is 0. The third kappa shape index (κ3) is 1.65. The van der Waals surface area contributed by atoms with E-state index in [9.17, 15) is 10.2 Å².